The van der Waals surface area contributed by atoms with Gasteiger partial charge in [-0.05, 0) is 30.7 Å². The zero-order valence-corrected chi connectivity index (χ0v) is 10.1. The Hall–Kier alpha value is -1.49. The monoisotopic (exact) mass is 255 g/mol. The lowest BCUT2D eigenvalue weighted by atomic mass is 9.86. The maximum absolute atomic E-state index is 13.7. The van der Waals surface area contributed by atoms with E-state index >= 15 is 0 Å². The molecule has 1 fully saturated rings. The van der Waals surface area contributed by atoms with Crippen molar-refractivity contribution in [3.8, 4) is 0 Å². The number of carbonyl (C=O) groups excluding carboxylic acids is 1. The molecule has 18 heavy (non-hydrogen) atoms. The molecule has 0 radical (unpaired) electrons. The summed E-state index contributed by atoms with van der Waals surface area (Å²) in [5.74, 6) is -3.99. The van der Waals surface area contributed by atoms with Crippen LogP contribution in [0.4, 0.5) is 8.78 Å². The van der Waals surface area contributed by atoms with Crippen molar-refractivity contribution in [1.82, 2.24) is 5.32 Å². The molecule has 0 aliphatic carbocycles. The van der Waals surface area contributed by atoms with Crippen LogP contribution in [0.15, 0.2) is 24.3 Å². The Morgan fingerprint density at radius 1 is 1.39 bits per heavy atom. The Labute approximate surface area is 104 Å². The van der Waals surface area contributed by atoms with Crippen molar-refractivity contribution >= 4 is 5.97 Å². The highest BCUT2D eigenvalue weighted by Crippen LogP contribution is 2.37. The second-order valence-corrected chi connectivity index (χ2v) is 4.39. The van der Waals surface area contributed by atoms with Crippen LogP contribution in [0.25, 0.3) is 0 Å². The van der Waals surface area contributed by atoms with E-state index in [1.165, 1.54) is 19.2 Å². The Balaban J connectivity index is 2.21. The van der Waals surface area contributed by atoms with Crippen LogP contribution < -0.4 is 5.32 Å². The predicted molar refractivity (Wildman–Crippen MR) is 63.0 cm³/mol. The third-order valence-corrected chi connectivity index (χ3v) is 3.21. The summed E-state index contributed by atoms with van der Waals surface area (Å²) in [6, 6.07) is 6.21. The highest BCUT2D eigenvalue weighted by atomic mass is 19.3. The molecule has 1 aliphatic rings. The molecule has 2 rings (SSSR count). The summed E-state index contributed by atoms with van der Waals surface area (Å²) in [6.45, 7) is 0.287. The number of ether oxygens (including phenoxy) is 1. The lowest BCUT2D eigenvalue weighted by Crippen LogP contribution is -2.44. The van der Waals surface area contributed by atoms with Crippen LogP contribution in [0.1, 0.15) is 28.3 Å². The number of hydrogen-bond acceptors (Lipinski definition) is 3. The summed E-state index contributed by atoms with van der Waals surface area (Å²) in [5, 5.41) is 2.69. The van der Waals surface area contributed by atoms with Gasteiger partial charge in [-0.2, -0.15) is 0 Å². The van der Waals surface area contributed by atoms with Crippen LogP contribution in [0.5, 0.6) is 0 Å². The molecule has 5 heteroatoms. The van der Waals surface area contributed by atoms with Gasteiger partial charge in [-0.3, -0.25) is 0 Å². The maximum Gasteiger partial charge on any atom is 0.337 e. The fraction of sp³-hybridized carbons (Fsp3) is 0.462. The summed E-state index contributed by atoms with van der Waals surface area (Å²) in [4.78, 5) is 11.2. The van der Waals surface area contributed by atoms with Gasteiger partial charge >= 0.3 is 5.97 Å². The molecule has 1 atom stereocenters. The number of esters is 1. The lowest BCUT2D eigenvalue weighted by molar-refractivity contribution is -0.0420. The van der Waals surface area contributed by atoms with Crippen molar-refractivity contribution in [3.63, 3.8) is 0 Å². The van der Waals surface area contributed by atoms with Crippen molar-refractivity contribution in [2.45, 2.75) is 18.3 Å². The number of benzene rings is 1. The summed E-state index contributed by atoms with van der Waals surface area (Å²) in [5.41, 5.74) is 0.938. The third kappa shape index (κ3) is 2.51. The maximum atomic E-state index is 13.7. The van der Waals surface area contributed by atoms with Gasteiger partial charge < -0.3 is 10.1 Å². The fourth-order valence-electron chi connectivity index (χ4n) is 2.22. The molecule has 98 valence electrons. The molecule has 0 amide bonds. The number of alkyl halides is 2. The predicted octanol–water partition coefficient (Wildman–Crippen LogP) is 2.19. The minimum Gasteiger partial charge on any atom is -0.465 e. The number of methoxy groups -OCH3 is 1. The molecular formula is C13H15F2NO2. The molecule has 0 spiro atoms. The van der Waals surface area contributed by atoms with Crippen LogP contribution in [0, 0.1) is 0 Å². The second-order valence-electron chi connectivity index (χ2n) is 4.39. The van der Waals surface area contributed by atoms with Crippen molar-refractivity contribution < 1.29 is 18.3 Å². The third-order valence-electron chi connectivity index (χ3n) is 3.21. The summed E-state index contributed by atoms with van der Waals surface area (Å²) >= 11 is 0. The van der Waals surface area contributed by atoms with Gasteiger partial charge in [0.1, 0.15) is 0 Å². The van der Waals surface area contributed by atoms with Crippen molar-refractivity contribution in [2.24, 2.45) is 0 Å². The van der Waals surface area contributed by atoms with E-state index in [0.717, 1.165) is 0 Å². The number of carbonyl (C=O) groups is 1. The zero-order valence-electron chi connectivity index (χ0n) is 10.1. The topological polar surface area (TPSA) is 38.3 Å². The molecular weight excluding hydrogens is 240 g/mol. The number of piperidine rings is 1. The summed E-state index contributed by atoms with van der Waals surface area (Å²) < 4.78 is 32.0. The first-order valence-corrected chi connectivity index (χ1v) is 5.81. The van der Waals surface area contributed by atoms with Gasteiger partial charge in [-0.1, -0.05) is 12.1 Å². The lowest BCUT2D eigenvalue weighted by Gasteiger charge is -2.32. The Bertz CT molecular complexity index is 431. The molecule has 1 unspecified atom stereocenters. The van der Waals surface area contributed by atoms with Crippen LogP contribution in [-0.4, -0.2) is 32.1 Å². The van der Waals surface area contributed by atoms with Crippen LogP contribution in [0.2, 0.25) is 0 Å². The van der Waals surface area contributed by atoms with Crippen LogP contribution in [0.3, 0.4) is 0 Å². The molecule has 3 nitrogen and oxygen atoms in total. The number of rotatable bonds is 2. The highest BCUT2D eigenvalue weighted by molar-refractivity contribution is 5.89. The molecule has 0 aromatic heterocycles. The Morgan fingerprint density at radius 3 is 2.61 bits per heavy atom. The van der Waals surface area contributed by atoms with E-state index in [1.54, 1.807) is 12.1 Å². The number of nitrogens with one attached hydrogen (secondary N) is 1. The van der Waals surface area contributed by atoms with E-state index in [9.17, 15) is 13.6 Å². The van der Waals surface area contributed by atoms with E-state index in [2.05, 4.69) is 10.1 Å². The summed E-state index contributed by atoms with van der Waals surface area (Å²) in [7, 11) is 1.29. The standard InChI is InChI=1S/C13H15F2NO2/c1-18-12(17)10-4-2-9(3-5-10)11-6-7-16-8-13(11,14)15/h2-5,11,16H,6-8H2,1H3. The van der Waals surface area contributed by atoms with Gasteiger partial charge in [0, 0.05) is 0 Å². The van der Waals surface area contributed by atoms with Crippen molar-refractivity contribution in [3.05, 3.63) is 35.4 Å². The molecule has 1 aromatic carbocycles. The van der Waals surface area contributed by atoms with E-state index in [-0.39, 0.29) is 6.54 Å². The Morgan fingerprint density at radius 2 is 2.06 bits per heavy atom. The molecule has 1 aliphatic heterocycles. The molecule has 1 saturated heterocycles. The highest BCUT2D eigenvalue weighted by Gasteiger charge is 2.42. The van der Waals surface area contributed by atoms with Crippen molar-refractivity contribution in [2.75, 3.05) is 20.2 Å². The normalized spacial score (nSPS) is 22.5. The van der Waals surface area contributed by atoms with Crippen LogP contribution in [-0.2, 0) is 4.74 Å². The second kappa shape index (κ2) is 5.02. The minimum atomic E-state index is -2.75. The average molecular weight is 255 g/mol. The average Bonchev–Trinajstić information content (AvgIpc) is 2.37. The van der Waals surface area contributed by atoms with E-state index in [4.69, 9.17) is 0 Å². The smallest absolute Gasteiger partial charge is 0.337 e. The van der Waals surface area contributed by atoms with Gasteiger partial charge in [-0.15, -0.1) is 0 Å². The number of halogens is 2. The van der Waals surface area contributed by atoms with Gasteiger partial charge in [0.2, 0.25) is 0 Å². The Kier molecular flexibility index (Phi) is 3.61. The van der Waals surface area contributed by atoms with E-state index in [0.29, 0.717) is 24.1 Å². The van der Waals surface area contributed by atoms with Gasteiger partial charge in [0.05, 0.1) is 25.1 Å². The van der Waals surface area contributed by atoms with Crippen molar-refractivity contribution in [1.29, 1.82) is 0 Å². The largest absolute Gasteiger partial charge is 0.465 e. The van der Waals surface area contributed by atoms with Gasteiger partial charge in [-0.25, -0.2) is 13.6 Å². The fourth-order valence-corrected chi connectivity index (χ4v) is 2.22. The molecule has 1 N–H and O–H groups in total. The SMILES string of the molecule is COC(=O)c1ccc(C2CCNCC2(F)F)cc1. The summed E-state index contributed by atoms with van der Waals surface area (Å²) in [6.07, 6.45) is 0.393. The van der Waals surface area contributed by atoms with Gasteiger partial charge in [0.15, 0.2) is 0 Å². The van der Waals surface area contributed by atoms with Gasteiger partial charge in [0.25, 0.3) is 5.92 Å². The zero-order chi connectivity index (χ0) is 13.2. The first-order valence-electron chi connectivity index (χ1n) is 5.81. The first kappa shape index (κ1) is 13.0. The van der Waals surface area contributed by atoms with E-state index in [1.807, 2.05) is 0 Å². The van der Waals surface area contributed by atoms with E-state index < -0.39 is 17.8 Å². The molecule has 0 saturated carbocycles. The number of hydrogen-bond donors (Lipinski definition) is 1. The van der Waals surface area contributed by atoms with Crippen LogP contribution >= 0.6 is 0 Å². The molecule has 1 aromatic rings. The first-order chi connectivity index (χ1) is 8.54. The minimum absolute atomic E-state index is 0.295. The molecule has 1 heterocycles. The molecule has 0 bridgehead atoms. The quantitative estimate of drug-likeness (QED) is 0.823.